The van der Waals surface area contributed by atoms with E-state index >= 15 is 0 Å². The van der Waals surface area contributed by atoms with Gasteiger partial charge in [0.05, 0.1) is 12.8 Å². The molecule has 0 aliphatic carbocycles. The van der Waals surface area contributed by atoms with Crippen LogP contribution < -0.4 is 4.74 Å². The van der Waals surface area contributed by atoms with E-state index in [0.717, 1.165) is 12.0 Å². The first-order valence-corrected chi connectivity index (χ1v) is 6.17. The van der Waals surface area contributed by atoms with Crippen LogP contribution in [-0.4, -0.2) is 37.4 Å². The van der Waals surface area contributed by atoms with Gasteiger partial charge in [0.2, 0.25) is 0 Å². The van der Waals surface area contributed by atoms with Crippen LogP contribution in [0.15, 0.2) is 41.1 Å². The highest BCUT2D eigenvalue weighted by Gasteiger charge is 2.19. The minimum atomic E-state index is -0.465. The number of hydrogen-bond donors (Lipinski definition) is 0. The topological polar surface area (TPSA) is 51.1 Å². The molecule has 2 rings (SSSR count). The zero-order valence-electron chi connectivity index (χ0n) is 11.1. The summed E-state index contributed by atoms with van der Waals surface area (Å²) >= 11 is 0. The smallest absolute Gasteiger partial charge is 0.410 e. The van der Waals surface area contributed by atoms with Gasteiger partial charge in [0.15, 0.2) is 0 Å². The largest absolute Gasteiger partial charge is 0.415 e. The molecule has 1 aliphatic rings. The number of oxime groups is 1. The van der Waals surface area contributed by atoms with Gasteiger partial charge in [0.1, 0.15) is 18.7 Å². The van der Waals surface area contributed by atoms with Crippen LogP contribution in [-0.2, 0) is 4.84 Å². The number of carbonyl (C=O) groups excluding carboxylic acids is 1. The molecule has 1 heterocycles. The molecule has 0 bridgehead atoms. The van der Waals surface area contributed by atoms with E-state index in [-0.39, 0.29) is 5.82 Å². The highest BCUT2D eigenvalue weighted by atomic mass is 19.1. The zero-order valence-corrected chi connectivity index (χ0v) is 11.1. The van der Waals surface area contributed by atoms with Gasteiger partial charge >= 0.3 is 6.09 Å². The Morgan fingerprint density at radius 1 is 1.40 bits per heavy atom. The maximum Gasteiger partial charge on any atom is 0.415 e. The second kappa shape index (κ2) is 6.70. The number of hydrogen-bond acceptors (Lipinski definition) is 4. The van der Waals surface area contributed by atoms with Crippen LogP contribution in [0.3, 0.4) is 0 Å². The van der Waals surface area contributed by atoms with E-state index in [9.17, 15) is 9.18 Å². The number of nitrogens with zero attached hydrogens (tertiary/aromatic N) is 2. The van der Waals surface area contributed by atoms with E-state index in [0.29, 0.717) is 18.8 Å². The number of halogens is 1. The SMILES string of the molecule is CO/N=C\C1=CCCN(C(=O)Oc2ccc(F)cc2)C1. The van der Waals surface area contributed by atoms with Crippen LogP contribution in [0.5, 0.6) is 5.75 Å². The lowest BCUT2D eigenvalue weighted by molar-refractivity contribution is 0.155. The third-order valence-electron chi connectivity index (χ3n) is 2.78. The van der Waals surface area contributed by atoms with Crippen molar-refractivity contribution in [2.45, 2.75) is 6.42 Å². The third-order valence-corrected chi connectivity index (χ3v) is 2.78. The van der Waals surface area contributed by atoms with Crippen molar-refractivity contribution >= 4 is 12.3 Å². The summed E-state index contributed by atoms with van der Waals surface area (Å²) in [6.07, 6.45) is 3.82. The van der Waals surface area contributed by atoms with Crippen LogP contribution in [0.2, 0.25) is 0 Å². The molecular formula is C14H15FN2O3. The standard InChI is InChI=1S/C14H15FN2O3/c1-19-16-9-11-3-2-8-17(10-11)14(18)20-13-6-4-12(15)5-7-13/h3-7,9H,2,8,10H2,1H3/b16-9-. The first-order chi connectivity index (χ1) is 9.69. The van der Waals surface area contributed by atoms with Gasteiger partial charge in [-0.2, -0.15) is 0 Å². The summed E-state index contributed by atoms with van der Waals surface area (Å²) in [6.45, 7) is 0.983. The Balaban J connectivity index is 1.94. The van der Waals surface area contributed by atoms with Crippen LogP contribution in [0.1, 0.15) is 6.42 Å². The molecule has 1 aromatic rings. The van der Waals surface area contributed by atoms with Crippen molar-refractivity contribution in [2.24, 2.45) is 5.16 Å². The van der Waals surface area contributed by atoms with E-state index < -0.39 is 6.09 Å². The summed E-state index contributed by atoms with van der Waals surface area (Å²) in [6, 6.07) is 5.32. The first kappa shape index (κ1) is 14.0. The van der Waals surface area contributed by atoms with Gasteiger partial charge in [-0.05, 0) is 36.3 Å². The summed E-state index contributed by atoms with van der Waals surface area (Å²) in [5.41, 5.74) is 0.883. The Labute approximate surface area is 116 Å². The molecule has 0 radical (unpaired) electrons. The molecule has 0 spiro atoms. The molecule has 0 fully saturated rings. The van der Waals surface area contributed by atoms with Gasteiger partial charge in [0.25, 0.3) is 0 Å². The summed E-state index contributed by atoms with van der Waals surface area (Å²) < 4.78 is 17.9. The molecule has 0 saturated carbocycles. The number of amides is 1. The highest BCUT2D eigenvalue weighted by Crippen LogP contribution is 2.15. The maximum atomic E-state index is 12.8. The Morgan fingerprint density at radius 3 is 2.85 bits per heavy atom. The molecule has 0 unspecified atom stereocenters. The maximum absolute atomic E-state index is 12.8. The second-order valence-corrected chi connectivity index (χ2v) is 4.23. The number of benzene rings is 1. The Hall–Kier alpha value is -2.37. The second-order valence-electron chi connectivity index (χ2n) is 4.23. The number of rotatable bonds is 3. The lowest BCUT2D eigenvalue weighted by Gasteiger charge is -2.25. The van der Waals surface area contributed by atoms with Crippen molar-refractivity contribution in [1.82, 2.24) is 4.90 Å². The van der Waals surface area contributed by atoms with E-state index in [4.69, 9.17) is 4.74 Å². The summed E-state index contributed by atoms with van der Waals surface area (Å²) in [4.78, 5) is 18.1. The van der Waals surface area contributed by atoms with Crippen molar-refractivity contribution in [2.75, 3.05) is 20.2 Å². The van der Waals surface area contributed by atoms with Gasteiger partial charge in [-0.3, -0.25) is 0 Å². The Kier molecular flexibility index (Phi) is 4.70. The third kappa shape index (κ3) is 3.81. The van der Waals surface area contributed by atoms with E-state index in [1.807, 2.05) is 6.08 Å². The van der Waals surface area contributed by atoms with Gasteiger partial charge in [-0.25, -0.2) is 9.18 Å². The minimum Gasteiger partial charge on any atom is -0.410 e. The molecule has 1 aromatic carbocycles. The number of ether oxygens (including phenoxy) is 1. The van der Waals surface area contributed by atoms with Crippen molar-refractivity contribution < 1.29 is 18.8 Å². The van der Waals surface area contributed by atoms with Crippen LogP contribution >= 0.6 is 0 Å². The normalized spacial score (nSPS) is 15.1. The molecular weight excluding hydrogens is 263 g/mol. The molecule has 6 heteroatoms. The van der Waals surface area contributed by atoms with Gasteiger partial charge < -0.3 is 14.5 Å². The van der Waals surface area contributed by atoms with Crippen LogP contribution in [0.4, 0.5) is 9.18 Å². The van der Waals surface area contributed by atoms with Crippen molar-refractivity contribution in [1.29, 1.82) is 0 Å². The molecule has 106 valence electrons. The molecule has 0 aromatic heterocycles. The quantitative estimate of drug-likeness (QED) is 0.630. The Morgan fingerprint density at radius 2 is 2.15 bits per heavy atom. The fourth-order valence-corrected chi connectivity index (χ4v) is 1.81. The summed E-state index contributed by atoms with van der Waals surface area (Å²) in [7, 11) is 1.46. The summed E-state index contributed by atoms with van der Waals surface area (Å²) in [5.74, 6) is -0.0539. The lowest BCUT2D eigenvalue weighted by atomic mass is 10.1. The molecule has 1 aliphatic heterocycles. The van der Waals surface area contributed by atoms with Gasteiger partial charge in [0, 0.05) is 6.54 Å². The van der Waals surface area contributed by atoms with E-state index in [1.54, 1.807) is 11.1 Å². The predicted octanol–water partition coefficient (Wildman–Crippen LogP) is 2.59. The Bertz CT molecular complexity index is 526. The fourth-order valence-electron chi connectivity index (χ4n) is 1.81. The summed E-state index contributed by atoms with van der Waals surface area (Å²) in [5, 5.41) is 3.67. The molecule has 1 amide bonds. The molecule has 0 saturated heterocycles. The van der Waals surface area contributed by atoms with Crippen LogP contribution in [0.25, 0.3) is 0 Å². The average molecular weight is 278 g/mol. The molecule has 20 heavy (non-hydrogen) atoms. The lowest BCUT2D eigenvalue weighted by Crippen LogP contribution is -2.38. The fraction of sp³-hybridized carbons (Fsp3) is 0.286. The van der Waals surface area contributed by atoms with Crippen LogP contribution in [0, 0.1) is 5.82 Å². The zero-order chi connectivity index (χ0) is 14.4. The highest BCUT2D eigenvalue weighted by molar-refractivity contribution is 5.81. The van der Waals surface area contributed by atoms with E-state index in [2.05, 4.69) is 9.99 Å². The molecule has 0 N–H and O–H groups in total. The van der Waals surface area contributed by atoms with Crippen molar-refractivity contribution in [3.05, 3.63) is 41.7 Å². The monoisotopic (exact) mass is 278 g/mol. The number of carbonyl (C=O) groups is 1. The molecule has 0 atom stereocenters. The van der Waals surface area contributed by atoms with E-state index in [1.165, 1.54) is 31.4 Å². The van der Waals surface area contributed by atoms with Gasteiger partial charge in [-0.15, -0.1) is 0 Å². The van der Waals surface area contributed by atoms with Crippen molar-refractivity contribution in [3.8, 4) is 5.75 Å². The van der Waals surface area contributed by atoms with Gasteiger partial charge in [-0.1, -0.05) is 11.2 Å². The molecule has 5 nitrogen and oxygen atoms in total. The van der Waals surface area contributed by atoms with Crippen molar-refractivity contribution in [3.63, 3.8) is 0 Å². The predicted molar refractivity (Wildman–Crippen MR) is 72.2 cm³/mol. The minimum absolute atomic E-state index is 0.318. The average Bonchev–Trinajstić information content (AvgIpc) is 2.48. The first-order valence-electron chi connectivity index (χ1n) is 6.17.